The highest BCUT2D eigenvalue weighted by molar-refractivity contribution is 7.99. The van der Waals surface area contributed by atoms with Crippen LogP contribution in [-0.2, 0) is 4.79 Å². The number of nitrogens with one attached hydrogen (secondary N) is 1. The van der Waals surface area contributed by atoms with Gasteiger partial charge in [-0.25, -0.2) is 0 Å². The van der Waals surface area contributed by atoms with Gasteiger partial charge >= 0.3 is 0 Å². The van der Waals surface area contributed by atoms with E-state index in [0.29, 0.717) is 35.0 Å². The SMILES string of the molecule is CCCCN1C(=O)c2ccc(C(=O)N3CSCC3C(=O)Nc3ccc(C#N)cc3)cc2C1=O. The zero-order valence-corrected chi connectivity index (χ0v) is 18.9. The molecule has 2 heterocycles. The van der Waals surface area contributed by atoms with Gasteiger partial charge in [-0.2, -0.15) is 5.26 Å². The highest BCUT2D eigenvalue weighted by Gasteiger charge is 2.38. The van der Waals surface area contributed by atoms with Gasteiger partial charge in [-0.15, -0.1) is 11.8 Å². The van der Waals surface area contributed by atoms with E-state index < -0.39 is 6.04 Å². The van der Waals surface area contributed by atoms with Crippen LogP contribution in [0.15, 0.2) is 42.5 Å². The van der Waals surface area contributed by atoms with Crippen molar-refractivity contribution in [2.24, 2.45) is 0 Å². The maximum Gasteiger partial charge on any atom is 0.261 e. The Kier molecular flexibility index (Phi) is 6.47. The topological polar surface area (TPSA) is 111 Å². The average Bonchev–Trinajstić information content (AvgIpc) is 3.41. The number of amides is 4. The summed E-state index contributed by atoms with van der Waals surface area (Å²) in [7, 11) is 0. The van der Waals surface area contributed by atoms with Crippen LogP contribution in [0.2, 0.25) is 0 Å². The van der Waals surface area contributed by atoms with E-state index in [1.54, 1.807) is 24.3 Å². The molecule has 0 aromatic heterocycles. The largest absolute Gasteiger partial charge is 0.324 e. The lowest BCUT2D eigenvalue weighted by Crippen LogP contribution is -2.44. The monoisotopic (exact) mass is 462 g/mol. The van der Waals surface area contributed by atoms with E-state index in [4.69, 9.17) is 5.26 Å². The minimum atomic E-state index is -0.676. The molecule has 4 amide bonds. The number of imide groups is 1. The minimum absolute atomic E-state index is 0.229. The Hall–Kier alpha value is -3.64. The van der Waals surface area contributed by atoms with Crippen LogP contribution in [0.3, 0.4) is 0 Å². The van der Waals surface area contributed by atoms with Crippen molar-refractivity contribution in [1.29, 1.82) is 5.26 Å². The van der Waals surface area contributed by atoms with Gasteiger partial charge in [-0.1, -0.05) is 13.3 Å². The third kappa shape index (κ3) is 4.34. The van der Waals surface area contributed by atoms with Crippen molar-refractivity contribution in [1.82, 2.24) is 9.80 Å². The first-order chi connectivity index (χ1) is 15.9. The van der Waals surface area contributed by atoms with Crippen LogP contribution >= 0.6 is 11.8 Å². The second kappa shape index (κ2) is 9.46. The van der Waals surface area contributed by atoms with Crippen molar-refractivity contribution in [3.63, 3.8) is 0 Å². The minimum Gasteiger partial charge on any atom is -0.324 e. The van der Waals surface area contributed by atoms with E-state index >= 15 is 0 Å². The van der Waals surface area contributed by atoms with E-state index in [2.05, 4.69) is 5.32 Å². The number of carbonyl (C=O) groups excluding carboxylic acids is 4. The summed E-state index contributed by atoms with van der Waals surface area (Å²) in [5.74, 6) is -0.619. The standard InChI is InChI=1S/C24H22N4O4S/c1-2-3-10-27-23(31)18-9-6-16(11-19(18)24(27)32)22(30)28-14-33-13-20(28)21(29)26-17-7-4-15(12-25)5-8-17/h4-9,11,20H,2-3,10,13-14H2,1H3,(H,26,29). The Balaban J connectivity index is 1.50. The van der Waals surface area contributed by atoms with E-state index in [0.717, 1.165) is 12.8 Å². The van der Waals surface area contributed by atoms with Crippen LogP contribution in [0.1, 0.15) is 56.4 Å². The van der Waals surface area contributed by atoms with Gasteiger partial charge < -0.3 is 10.2 Å². The quantitative estimate of drug-likeness (QED) is 0.661. The molecule has 33 heavy (non-hydrogen) atoms. The van der Waals surface area contributed by atoms with Gasteiger partial charge in [0.1, 0.15) is 6.04 Å². The molecule has 1 atom stereocenters. The molecule has 2 aromatic rings. The maximum absolute atomic E-state index is 13.2. The maximum atomic E-state index is 13.2. The number of unbranched alkanes of at least 4 members (excludes halogenated alkanes) is 1. The van der Waals surface area contributed by atoms with Gasteiger partial charge in [0.05, 0.1) is 28.6 Å². The molecule has 4 rings (SSSR count). The third-order valence-electron chi connectivity index (χ3n) is 5.68. The number of fused-ring (bicyclic) bond motifs is 1. The molecule has 2 aromatic carbocycles. The highest BCUT2D eigenvalue weighted by atomic mass is 32.2. The Morgan fingerprint density at radius 2 is 1.85 bits per heavy atom. The van der Waals surface area contributed by atoms with Crippen LogP contribution in [0.25, 0.3) is 0 Å². The lowest BCUT2D eigenvalue weighted by Gasteiger charge is -2.23. The Bertz CT molecular complexity index is 1170. The lowest BCUT2D eigenvalue weighted by atomic mass is 10.0. The number of benzene rings is 2. The van der Waals surface area contributed by atoms with Gasteiger partial charge in [0.2, 0.25) is 5.91 Å². The van der Waals surface area contributed by atoms with Gasteiger partial charge in [-0.05, 0) is 48.9 Å². The molecule has 1 saturated heterocycles. The fourth-order valence-corrected chi connectivity index (χ4v) is 4.98. The fourth-order valence-electron chi connectivity index (χ4n) is 3.82. The van der Waals surface area contributed by atoms with Crippen LogP contribution in [-0.4, -0.2) is 57.6 Å². The van der Waals surface area contributed by atoms with E-state index in [1.165, 1.54) is 39.8 Å². The Labute approximate surface area is 195 Å². The molecule has 1 fully saturated rings. The van der Waals surface area contributed by atoms with Crippen LogP contribution < -0.4 is 5.32 Å². The molecule has 1 unspecified atom stereocenters. The Morgan fingerprint density at radius 1 is 1.12 bits per heavy atom. The molecule has 168 valence electrons. The number of thioether (sulfide) groups is 1. The summed E-state index contributed by atoms with van der Waals surface area (Å²) in [4.78, 5) is 54.0. The van der Waals surface area contributed by atoms with Crippen molar-refractivity contribution in [3.05, 3.63) is 64.7 Å². The molecule has 8 nitrogen and oxygen atoms in total. The first-order valence-electron chi connectivity index (χ1n) is 10.6. The van der Waals surface area contributed by atoms with Crippen LogP contribution in [0.4, 0.5) is 5.69 Å². The normalized spacial score (nSPS) is 17.2. The summed E-state index contributed by atoms with van der Waals surface area (Å²) in [6.07, 6.45) is 1.58. The summed E-state index contributed by atoms with van der Waals surface area (Å²) < 4.78 is 0. The molecule has 9 heteroatoms. The second-order valence-electron chi connectivity index (χ2n) is 7.84. The summed E-state index contributed by atoms with van der Waals surface area (Å²) >= 11 is 1.47. The van der Waals surface area contributed by atoms with E-state index in [1.807, 2.05) is 13.0 Å². The predicted octanol–water partition coefficient (Wildman–Crippen LogP) is 3.11. The average molecular weight is 463 g/mol. The number of nitrogens with zero attached hydrogens (tertiary/aromatic N) is 3. The van der Waals surface area contributed by atoms with Gasteiger partial charge in [0, 0.05) is 23.5 Å². The molecule has 0 aliphatic carbocycles. The summed E-state index contributed by atoms with van der Waals surface area (Å²) in [6.45, 7) is 2.34. The zero-order chi connectivity index (χ0) is 23.5. The fraction of sp³-hybridized carbons (Fsp3) is 0.292. The second-order valence-corrected chi connectivity index (χ2v) is 8.84. The Morgan fingerprint density at radius 3 is 2.55 bits per heavy atom. The number of carbonyl (C=O) groups is 4. The van der Waals surface area contributed by atoms with Crippen LogP contribution in [0, 0.1) is 11.3 Å². The van der Waals surface area contributed by atoms with Crippen molar-refractivity contribution in [3.8, 4) is 6.07 Å². The number of anilines is 1. The molecular weight excluding hydrogens is 440 g/mol. The third-order valence-corrected chi connectivity index (χ3v) is 6.69. The molecule has 0 spiro atoms. The van der Waals surface area contributed by atoms with E-state index in [9.17, 15) is 19.2 Å². The highest BCUT2D eigenvalue weighted by Crippen LogP contribution is 2.28. The molecule has 0 radical (unpaired) electrons. The molecule has 2 aliphatic rings. The summed E-state index contributed by atoms with van der Waals surface area (Å²) in [6, 6.07) is 12.3. The lowest BCUT2D eigenvalue weighted by molar-refractivity contribution is -0.119. The van der Waals surface area contributed by atoms with Crippen molar-refractivity contribution >= 4 is 41.1 Å². The van der Waals surface area contributed by atoms with Crippen molar-refractivity contribution in [2.75, 3.05) is 23.5 Å². The van der Waals surface area contributed by atoms with Gasteiger partial charge in [0.25, 0.3) is 17.7 Å². The summed E-state index contributed by atoms with van der Waals surface area (Å²) in [5.41, 5.74) is 1.83. The predicted molar refractivity (Wildman–Crippen MR) is 124 cm³/mol. The molecule has 2 aliphatic heterocycles. The number of hydrogen-bond donors (Lipinski definition) is 1. The number of hydrogen-bond acceptors (Lipinski definition) is 6. The van der Waals surface area contributed by atoms with Crippen molar-refractivity contribution < 1.29 is 19.2 Å². The smallest absolute Gasteiger partial charge is 0.261 e. The first kappa shape index (κ1) is 22.6. The molecule has 0 bridgehead atoms. The van der Waals surface area contributed by atoms with Crippen molar-refractivity contribution in [2.45, 2.75) is 25.8 Å². The number of rotatable bonds is 6. The van der Waals surface area contributed by atoms with Gasteiger partial charge in [-0.3, -0.25) is 24.1 Å². The molecule has 0 saturated carbocycles. The van der Waals surface area contributed by atoms with E-state index in [-0.39, 0.29) is 34.8 Å². The van der Waals surface area contributed by atoms with Crippen LogP contribution in [0.5, 0.6) is 0 Å². The zero-order valence-electron chi connectivity index (χ0n) is 18.0. The van der Waals surface area contributed by atoms with Gasteiger partial charge in [0.15, 0.2) is 0 Å². The first-order valence-corrected chi connectivity index (χ1v) is 11.8. The molecule has 1 N–H and O–H groups in total. The molecular formula is C24H22N4O4S. The number of nitriles is 1. The summed E-state index contributed by atoms with van der Waals surface area (Å²) in [5, 5.41) is 11.7.